The standard InChI is InChI=1S/C11H9ClFN3O2/c12-9-10(17)15-5-16-11(9)18-8-2-1-6(4-14)3-7(8)13/h1-3,5H,4,14H2,(H,15,16,17). The average Bonchev–Trinajstić information content (AvgIpc) is 2.37. The highest BCUT2D eigenvalue weighted by Crippen LogP contribution is 2.26. The number of benzene rings is 1. The number of H-pyrrole nitrogens is 1. The fourth-order valence-corrected chi connectivity index (χ4v) is 1.44. The largest absolute Gasteiger partial charge is 0.434 e. The lowest BCUT2D eigenvalue weighted by atomic mass is 10.2. The zero-order valence-electron chi connectivity index (χ0n) is 9.11. The highest BCUT2D eigenvalue weighted by atomic mass is 35.5. The topological polar surface area (TPSA) is 81.0 Å². The van der Waals surface area contributed by atoms with Gasteiger partial charge in [0.2, 0.25) is 5.88 Å². The summed E-state index contributed by atoms with van der Waals surface area (Å²) in [6.07, 6.45) is 1.12. The smallest absolute Gasteiger partial charge is 0.273 e. The number of aromatic nitrogens is 2. The van der Waals surface area contributed by atoms with E-state index in [0.717, 1.165) is 6.33 Å². The molecule has 0 aliphatic carbocycles. The number of nitrogens with one attached hydrogen (secondary N) is 1. The summed E-state index contributed by atoms with van der Waals surface area (Å²) in [5.74, 6) is -0.830. The summed E-state index contributed by atoms with van der Waals surface area (Å²) in [6, 6.07) is 4.26. The van der Waals surface area contributed by atoms with Gasteiger partial charge in [-0.3, -0.25) is 4.79 Å². The van der Waals surface area contributed by atoms with Crippen LogP contribution in [0.1, 0.15) is 5.56 Å². The molecule has 0 aliphatic rings. The number of hydrogen-bond donors (Lipinski definition) is 2. The lowest BCUT2D eigenvalue weighted by Gasteiger charge is -2.07. The van der Waals surface area contributed by atoms with E-state index in [1.54, 1.807) is 6.07 Å². The van der Waals surface area contributed by atoms with Crippen LogP contribution < -0.4 is 16.0 Å². The first kappa shape index (κ1) is 12.5. The summed E-state index contributed by atoms with van der Waals surface area (Å²) >= 11 is 5.68. The van der Waals surface area contributed by atoms with E-state index in [4.69, 9.17) is 22.1 Å². The van der Waals surface area contributed by atoms with E-state index >= 15 is 0 Å². The Morgan fingerprint density at radius 3 is 2.94 bits per heavy atom. The number of hydrogen-bond acceptors (Lipinski definition) is 4. The Bertz CT molecular complexity index is 630. The van der Waals surface area contributed by atoms with E-state index in [-0.39, 0.29) is 23.2 Å². The summed E-state index contributed by atoms with van der Waals surface area (Å²) in [4.78, 5) is 17.2. The summed E-state index contributed by atoms with van der Waals surface area (Å²) in [5.41, 5.74) is 5.45. The molecular formula is C11H9ClFN3O2. The van der Waals surface area contributed by atoms with Crippen molar-refractivity contribution in [2.45, 2.75) is 6.54 Å². The lowest BCUT2D eigenvalue weighted by molar-refractivity contribution is 0.425. The molecule has 0 fully saturated rings. The van der Waals surface area contributed by atoms with Gasteiger partial charge in [0.15, 0.2) is 16.6 Å². The summed E-state index contributed by atoms with van der Waals surface area (Å²) < 4.78 is 18.8. The minimum absolute atomic E-state index is 0.0767. The fourth-order valence-electron chi connectivity index (χ4n) is 1.30. The first-order chi connectivity index (χ1) is 8.61. The van der Waals surface area contributed by atoms with Crippen LogP contribution in [-0.4, -0.2) is 9.97 Å². The zero-order chi connectivity index (χ0) is 13.1. The Labute approximate surface area is 106 Å². The minimum atomic E-state index is -0.601. The normalized spacial score (nSPS) is 10.4. The number of halogens is 2. The molecule has 1 aromatic carbocycles. The predicted molar refractivity (Wildman–Crippen MR) is 64.2 cm³/mol. The third-order valence-electron chi connectivity index (χ3n) is 2.20. The van der Waals surface area contributed by atoms with Gasteiger partial charge in [0.05, 0.1) is 6.33 Å². The van der Waals surface area contributed by atoms with Crippen LogP contribution in [-0.2, 0) is 6.54 Å². The van der Waals surface area contributed by atoms with Crippen LogP contribution in [0.15, 0.2) is 29.3 Å². The Balaban J connectivity index is 2.34. The van der Waals surface area contributed by atoms with Crippen LogP contribution in [0.25, 0.3) is 0 Å². The van der Waals surface area contributed by atoms with Crippen molar-refractivity contribution in [3.8, 4) is 11.6 Å². The molecule has 0 bridgehead atoms. The van der Waals surface area contributed by atoms with Crippen molar-refractivity contribution in [2.75, 3.05) is 0 Å². The minimum Gasteiger partial charge on any atom is -0.434 e. The van der Waals surface area contributed by atoms with Gasteiger partial charge in [0.1, 0.15) is 0 Å². The van der Waals surface area contributed by atoms with Crippen molar-refractivity contribution in [3.63, 3.8) is 0 Å². The van der Waals surface area contributed by atoms with Gasteiger partial charge >= 0.3 is 0 Å². The second-order valence-corrected chi connectivity index (χ2v) is 3.80. The van der Waals surface area contributed by atoms with Crippen molar-refractivity contribution in [1.29, 1.82) is 0 Å². The van der Waals surface area contributed by atoms with Crippen LogP contribution >= 0.6 is 11.6 Å². The quantitative estimate of drug-likeness (QED) is 0.890. The molecule has 2 rings (SSSR count). The molecule has 0 atom stereocenters. The Kier molecular flexibility index (Phi) is 3.59. The van der Waals surface area contributed by atoms with E-state index in [0.29, 0.717) is 5.56 Å². The maximum absolute atomic E-state index is 13.6. The molecule has 94 valence electrons. The molecular weight excluding hydrogens is 261 g/mol. The number of nitrogens with zero attached hydrogens (tertiary/aromatic N) is 1. The zero-order valence-corrected chi connectivity index (χ0v) is 9.87. The molecule has 0 saturated heterocycles. The number of ether oxygens (including phenoxy) is 1. The number of nitrogens with two attached hydrogens (primary N) is 1. The maximum atomic E-state index is 13.6. The monoisotopic (exact) mass is 269 g/mol. The molecule has 7 heteroatoms. The SMILES string of the molecule is NCc1ccc(Oc2nc[nH]c(=O)c2Cl)c(F)c1. The van der Waals surface area contributed by atoms with Crippen LogP contribution in [0.5, 0.6) is 11.6 Å². The molecule has 0 saturated carbocycles. The van der Waals surface area contributed by atoms with E-state index in [2.05, 4.69) is 9.97 Å². The van der Waals surface area contributed by atoms with Gasteiger partial charge in [-0.25, -0.2) is 9.37 Å². The van der Waals surface area contributed by atoms with Crippen LogP contribution in [0.3, 0.4) is 0 Å². The molecule has 0 unspecified atom stereocenters. The molecule has 0 amide bonds. The summed E-state index contributed by atoms with van der Waals surface area (Å²) in [7, 11) is 0. The van der Waals surface area contributed by atoms with E-state index < -0.39 is 11.4 Å². The molecule has 5 nitrogen and oxygen atoms in total. The van der Waals surface area contributed by atoms with Gasteiger partial charge in [0, 0.05) is 6.54 Å². The molecule has 18 heavy (non-hydrogen) atoms. The van der Waals surface area contributed by atoms with Gasteiger partial charge in [-0.05, 0) is 17.7 Å². The molecule has 0 spiro atoms. The Morgan fingerprint density at radius 1 is 1.50 bits per heavy atom. The molecule has 0 radical (unpaired) electrons. The van der Waals surface area contributed by atoms with Crippen LogP contribution in [0.2, 0.25) is 5.02 Å². The van der Waals surface area contributed by atoms with Gasteiger partial charge < -0.3 is 15.5 Å². The first-order valence-corrected chi connectivity index (χ1v) is 5.39. The Morgan fingerprint density at radius 2 is 2.28 bits per heavy atom. The predicted octanol–water partition coefficient (Wildman–Crippen LogP) is 1.81. The molecule has 0 aliphatic heterocycles. The van der Waals surface area contributed by atoms with Crippen molar-refractivity contribution >= 4 is 11.6 Å². The van der Waals surface area contributed by atoms with Crippen LogP contribution in [0, 0.1) is 5.82 Å². The van der Waals surface area contributed by atoms with Crippen LogP contribution in [0.4, 0.5) is 4.39 Å². The summed E-state index contributed by atoms with van der Waals surface area (Å²) in [5, 5.41) is -0.236. The molecule has 2 aromatic rings. The number of rotatable bonds is 3. The van der Waals surface area contributed by atoms with Crippen molar-refractivity contribution in [1.82, 2.24) is 9.97 Å². The fraction of sp³-hybridized carbons (Fsp3) is 0.0909. The second-order valence-electron chi connectivity index (χ2n) is 3.42. The van der Waals surface area contributed by atoms with E-state index in [1.165, 1.54) is 12.1 Å². The van der Waals surface area contributed by atoms with Gasteiger partial charge in [0.25, 0.3) is 5.56 Å². The summed E-state index contributed by atoms with van der Waals surface area (Å²) in [6.45, 7) is 0.223. The van der Waals surface area contributed by atoms with Gasteiger partial charge in [-0.1, -0.05) is 17.7 Å². The van der Waals surface area contributed by atoms with Gasteiger partial charge in [-0.15, -0.1) is 0 Å². The highest BCUT2D eigenvalue weighted by molar-refractivity contribution is 6.31. The third-order valence-corrected chi connectivity index (χ3v) is 2.54. The average molecular weight is 270 g/mol. The third kappa shape index (κ3) is 2.49. The first-order valence-electron chi connectivity index (χ1n) is 5.01. The second kappa shape index (κ2) is 5.16. The highest BCUT2D eigenvalue weighted by Gasteiger charge is 2.11. The lowest BCUT2D eigenvalue weighted by Crippen LogP contribution is -2.08. The molecule has 1 aromatic heterocycles. The van der Waals surface area contributed by atoms with Crippen molar-refractivity contribution in [3.05, 3.63) is 51.3 Å². The van der Waals surface area contributed by atoms with Crippen molar-refractivity contribution in [2.24, 2.45) is 5.73 Å². The Hall–Kier alpha value is -1.92. The van der Waals surface area contributed by atoms with E-state index in [1.807, 2.05) is 0 Å². The van der Waals surface area contributed by atoms with Gasteiger partial charge in [-0.2, -0.15) is 0 Å². The number of aromatic amines is 1. The van der Waals surface area contributed by atoms with Crippen molar-refractivity contribution < 1.29 is 9.13 Å². The molecule has 3 N–H and O–H groups in total. The van der Waals surface area contributed by atoms with E-state index in [9.17, 15) is 9.18 Å². The maximum Gasteiger partial charge on any atom is 0.273 e. The molecule has 1 heterocycles.